The predicted octanol–water partition coefficient (Wildman–Crippen LogP) is -1.66. The van der Waals surface area contributed by atoms with Crippen LogP contribution in [0.2, 0.25) is 0 Å². The summed E-state index contributed by atoms with van der Waals surface area (Å²) in [4.78, 5) is 29.2. The minimum atomic E-state index is -0.268. The van der Waals surface area contributed by atoms with Gasteiger partial charge in [-0.3, -0.25) is 19.4 Å². The van der Waals surface area contributed by atoms with Crippen LogP contribution in [-0.4, -0.2) is 92.1 Å². The molecule has 2 aliphatic heterocycles. The van der Waals surface area contributed by atoms with E-state index in [1.807, 2.05) is 4.90 Å². The van der Waals surface area contributed by atoms with Crippen LogP contribution in [0.4, 0.5) is 0 Å². The zero-order chi connectivity index (χ0) is 14.4. The van der Waals surface area contributed by atoms with Crippen molar-refractivity contribution in [3.05, 3.63) is 0 Å². The molecule has 2 amide bonds. The number of carbonyl (C=O) groups excluding carboxylic acids is 2. The second-order valence-corrected chi connectivity index (χ2v) is 5.33. The van der Waals surface area contributed by atoms with Crippen LogP contribution in [0.5, 0.6) is 0 Å². The highest BCUT2D eigenvalue weighted by molar-refractivity contribution is 5.78. The molecule has 2 N–H and O–H groups in total. The lowest BCUT2D eigenvalue weighted by Gasteiger charge is -2.36. The van der Waals surface area contributed by atoms with Crippen molar-refractivity contribution in [2.24, 2.45) is 5.73 Å². The Hall–Kier alpha value is -1.18. The number of amides is 2. The molecular weight excluding hydrogens is 260 g/mol. The third-order valence-electron chi connectivity index (χ3n) is 3.86. The highest BCUT2D eigenvalue weighted by atomic mass is 16.5. The molecule has 2 heterocycles. The predicted molar refractivity (Wildman–Crippen MR) is 74.1 cm³/mol. The van der Waals surface area contributed by atoms with Crippen LogP contribution in [0.1, 0.15) is 6.42 Å². The number of primary amides is 1. The Kier molecular flexibility index (Phi) is 5.75. The fourth-order valence-corrected chi connectivity index (χ4v) is 2.54. The quantitative estimate of drug-likeness (QED) is 0.653. The van der Waals surface area contributed by atoms with Gasteiger partial charge in [0, 0.05) is 52.2 Å². The van der Waals surface area contributed by atoms with Gasteiger partial charge < -0.3 is 15.4 Å². The molecule has 114 valence electrons. The van der Waals surface area contributed by atoms with Gasteiger partial charge in [-0.05, 0) is 0 Å². The zero-order valence-electron chi connectivity index (χ0n) is 11.9. The molecule has 2 rings (SSSR count). The summed E-state index contributed by atoms with van der Waals surface area (Å²) in [5.74, 6) is -0.0720. The molecule has 0 aliphatic carbocycles. The average molecular weight is 284 g/mol. The second kappa shape index (κ2) is 7.56. The van der Waals surface area contributed by atoms with Gasteiger partial charge in [0.05, 0.1) is 19.8 Å². The molecule has 0 aromatic rings. The Morgan fingerprint density at radius 3 is 2.20 bits per heavy atom. The van der Waals surface area contributed by atoms with Crippen LogP contribution >= 0.6 is 0 Å². The summed E-state index contributed by atoms with van der Waals surface area (Å²) in [7, 11) is 0. The molecule has 0 unspecified atom stereocenters. The summed E-state index contributed by atoms with van der Waals surface area (Å²) in [6.07, 6.45) is 0.391. The highest BCUT2D eigenvalue weighted by Crippen LogP contribution is 2.05. The van der Waals surface area contributed by atoms with Gasteiger partial charge in [0.2, 0.25) is 11.8 Å². The Morgan fingerprint density at radius 1 is 0.950 bits per heavy atom. The topological polar surface area (TPSA) is 79.1 Å². The van der Waals surface area contributed by atoms with Crippen LogP contribution in [0, 0.1) is 0 Å². The first kappa shape index (κ1) is 15.2. The highest BCUT2D eigenvalue weighted by Gasteiger charge is 2.23. The molecule has 20 heavy (non-hydrogen) atoms. The van der Waals surface area contributed by atoms with Crippen molar-refractivity contribution in [1.82, 2.24) is 14.7 Å². The largest absolute Gasteiger partial charge is 0.379 e. The SMILES string of the molecule is NC(=O)CCN1CCN(C(=O)CN2CCOCC2)CC1. The van der Waals surface area contributed by atoms with Crippen molar-refractivity contribution in [2.45, 2.75) is 6.42 Å². The van der Waals surface area contributed by atoms with Gasteiger partial charge in [-0.25, -0.2) is 0 Å². The van der Waals surface area contributed by atoms with Crippen molar-refractivity contribution in [2.75, 3.05) is 65.6 Å². The van der Waals surface area contributed by atoms with E-state index >= 15 is 0 Å². The maximum Gasteiger partial charge on any atom is 0.236 e. The number of morpholine rings is 1. The summed E-state index contributed by atoms with van der Waals surface area (Å²) >= 11 is 0. The van der Waals surface area contributed by atoms with E-state index in [-0.39, 0.29) is 11.8 Å². The molecule has 0 aromatic heterocycles. The Morgan fingerprint density at radius 2 is 1.60 bits per heavy atom. The summed E-state index contributed by atoms with van der Waals surface area (Å²) < 4.78 is 5.28. The number of carbonyl (C=O) groups is 2. The lowest BCUT2D eigenvalue weighted by atomic mass is 10.2. The minimum absolute atomic E-state index is 0.196. The smallest absolute Gasteiger partial charge is 0.236 e. The van der Waals surface area contributed by atoms with Gasteiger partial charge in [-0.15, -0.1) is 0 Å². The van der Waals surface area contributed by atoms with Crippen LogP contribution in [0.3, 0.4) is 0 Å². The number of hydrogen-bond donors (Lipinski definition) is 1. The van der Waals surface area contributed by atoms with E-state index in [0.717, 1.165) is 39.3 Å². The maximum atomic E-state index is 12.2. The number of rotatable bonds is 5. The lowest BCUT2D eigenvalue weighted by molar-refractivity contribution is -0.135. The van der Waals surface area contributed by atoms with E-state index < -0.39 is 0 Å². The van der Waals surface area contributed by atoms with E-state index in [2.05, 4.69) is 9.80 Å². The van der Waals surface area contributed by atoms with Crippen LogP contribution in [-0.2, 0) is 14.3 Å². The number of piperazine rings is 1. The number of hydrogen-bond acceptors (Lipinski definition) is 5. The fraction of sp³-hybridized carbons (Fsp3) is 0.846. The molecule has 0 radical (unpaired) electrons. The van der Waals surface area contributed by atoms with Gasteiger partial charge >= 0.3 is 0 Å². The number of nitrogens with zero attached hydrogens (tertiary/aromatic N) is 3. The second-order valence-electron chi connectivity index (χ2n) is 5.33. The number of ether oxygens (including phenoxy) is 1. The summed E-state index contributed by atoms with van der Waals surface area (Å²) in [6.45, 7) is 7.41. The zero-order valence-corrected chi connectivity index (χ0v) is 11.9. The third kappa shape index (κ3) is 4.73. The monoisotopic (exact) mass is 284 g/mol. The molecule has 2 saturated heterocycles. The van der Waals surface area contributed by atoms with Crippen LogP contribution < -0.4 is 5.73 Å². The molecule has 7 heteroatoms. The van der Waals surface area contributed by atoms with Crippen molar-refractivity contribution in [3.63, 3.8) is 0 Å². The van der Waals surface area contributed by atoms with Gasteiger partial charge in [0.25, 0.3) is 0 Å². The van der Waals surface area contributed by atoms with Crippen molar-refractivity contribution in [3.8, 4) is 0 Å². The van der Waals surface area contributed by atoms with E-state index in [9.17, 15) is 9.59 Å². The first-order valence-electron chi connectivity index (χ1n) is 7.23. The van der Waals surface area contributed by atoms with Gasteiger partial charge in [-0.2, -0.15) is 0 Å². The molecule has 2 aliphatic rings. The summed E-state index contributed by atoms with van der Waals surface area (Å²) in [6, 6.07) is 0. The summed E-state index contributed by atoms with van der Waals surface area (Å²) in [5, 5.41) is 0. The standard InChI is InChI=1S/C13H24N4O3/c14-12(18)1-2-15-3-5-17(6-4-15)13(19)11-16-7-9-20-10-8-16/h1-11H2,(H2,14,18). The Labute approximate surface area is 119 Å². The minimum Gasteiger partial charge on any atom is -0.379 e. The lowest BCUT2D eigenvalue weighted by Crippen LogP contribution is -2.52. The van der Waals surface area contributed by atoms with E-state index in [1.54, 1.807) is 0 Å². The van der Waals surface area contributed by atoms with E-state index in [4.69, 9.17) is 10.5 Å². The molecule has 0 atom stereocenters. The average Bonchev–Trinajstić information content (AvgIpc) is 2.46. The molecule has 0 saturated carbocycles. The molecule has 0 spiro atoms. The fourth-order valence-electron chi connectivity index (χ4n) is 2.54. The first-order valence-corrected chi connectivity index (χ1v) is 7.23. The summed E-state index contributed by atoms with van der Waals surface area (Å²) in [5.41, 5.74) is 5.14. The maximum absolute atomic E-state index is 12.2. The molecular formula is C13H24N4O3. The van der Waals surface area contributed by atoms with Crippen molar-refractivity contribution in [1.29, 1.82) is 0 Å². The van der Waals surface area contributed by atoms with Crippen LogP contribution in [0.15, 0.2) is 0 Å². The molecule has 7 nitrogen and oxygen atoms in total. The van der Waals surface area contributed by atoms with E-state index in [0.29, 0.717) is 32.7 Å². The third-order valence-corrected chi connectivity index (χ3v) is 3.86. The van der Waals surface area contributed by atoms with Gasteiger partial charge in [0.1, 0.15) is 0 Å². The van der Waals surface area contributed by atoms with Crippen molar-refractivity contribution < 1.29 is 14.3 Å². The molecule has 0 bridgehead atoms. The van der Waals surface area contributed by atoms with Gasteiger partial charge in [-0.1, -0.05) is 0 Å². The Bertz CT molecular complexity index is 337. The van der Waals surface area contributed by atoms with Gasteiger partial charge in [0.15, 0.2) is 0 Å². The Balaban J connectivity index is 1.67. The number of nitrogens with two attached hydrogens (primary N) is 1. The molecule has 0 aromatic carbocycles. The normalized spacial score (nSPS) is 21.9. The van der Waals surface area contributed by atoms with E-state index in [1.165, 1.54) is 0 Å². The van der Waals surface area contributed by atoms with Crippen molar-refractivity contribution >= 4 is 11.8 Å². The molecule has 2 fully saturated rings. The van der Waals surface area contributed by atoms with Crippen LogP contribution in [0.25, 0.3) is 0 Å². The first-order chi connectivity index (χ1) is 9.65.